The number of fused-ring (bicyclic) bond motifs is 2. The highest BCUT2D eigenvalue weighted by Crippen LogP contribution is 2.41. The van der Waals surface area contributed by atoms with Crippen LogP contribution in [-0.4, -0.2) is 58.0 Å². The lowest BCUT2D eigenvalue weighted by atomic mass is 10.1. The van der Waals surface area contributed by atoms with E-state index in [2.05, 4.69) is 84.3 Å². The molecule has 2 aliphatic rings. The van der Waals surface area contributed by atoms with Crippen molar-refractivity contribution >= 4 is 47.3 Å². The third-order valence-electron chi connectivity index (χ3n) is 7.27. The third kappa shape index (κ3) is 3.97. The number of rotatable bonds is 6. The van der Waals surface area contributed by atoms with Crippen LogP contribution >= 0.6 is 12.2 Å². The number of aromatic nitrogens is 4. The van der Waals surface area contributed by atoms with Gasteiger partial charge in [-0.15, -0.1) is 0 Å². The van der Waals surface area contributed by atoms with Crippen molar-refractivity contribution in [1.29, 1.82) is 0 Å². The lowest BCUT2D eigenvalue weighted by Crippen LogP contribution is -2.67. The van der Waals surface area contributed by atoms with Gasteiger partial charge in [-0.05, 0) is 15.4 Å². The van der Waals surface area contributed by atoms with Crippen molar-refractivity contribution in [2.45, 2.75) is 50.3 Å². The molecule has 2 aromatic carbocycles. The first-order valence-corrected chi connectivity index (χ1v) is 14.8. The van der Waals surface area contributed by atoms with E-state index in [4.69, 9.17) is 30.9 Å². The summed E-state index contributed by atoms with van der Waals surface area (Å²) in [5.41, 5.74) is 0.294. The molecule has 0 saturated carbocycles. The van der Waals surface area contributed by atoms with Crippen LogP contribution in [0.15, 0.2) is 78.1 Å². The highest BCUT2D eigenvalue weighted by Gasteiger charge is 2.56. The van der Waals surface area contributed by atoms with Gasteiger partial charge in [0.25, 0.3) is 13.9 Å². The molecule has 1 N–H and O–H groups in total. The van der Waals surface area contributed by atoms with Gasteiger partial charge in [0.1, 0.15) is 6.10 Å². The second-order valence-corrected chi connectivity index (χ2v) is 15.1. The minimum absolute atomic E-state index is 0.0685. The molecule has 196 valence electrons. The third-order valence-corrected chi connectivity index (χ3v) is 12.5. The van der Waals surface area contributed by atoms with Crippen molar-refractivity contribution < 1.29 is 18.6 Å². The van der Waals surface area contributed by atoms with Crippen molar-refractivity contribution in [1.82, 2.24) is 19.5 Å². The lowest BCUT2D eigenvalue weighted by molar-refractivity contribution is -0.0576. The Bertz CT molecular complexity index is 1480. The Labute approximate surface area is 225 Å². The molecular formula is C27H28N4O5SSi. The monoisotopic (exact) mass is 548 g/mol. The Morgan fingerprint density at radius 1 is 1.00 bits per heavy atom. The topological polar surface area (TPSA) is 100 Å². The molecule has 2 saturated heterocycles. The second kappa shape index (κ2) is 9.42. The van der Waals surface area contributed by atoms with Gasteiger partial charge in [0.15, 0.2) is 29.6 Å². The summed E-state index contributed by atoms with van der Waals surface area (Å²) < 4.78 is 27.1. The SMILES string of the molecule is CC(C)(C)[Si](OC[C@@H]1O[C@H](n2cnc3c(=O)[nH]cnc32)[C@H]2OC(=S)O[C@H]21)(c1ccccc1)c1ccccc1. The summed E-state index contributed by atoms with van der Waals surface area (Å²) in [6, 6.07) is 20.9. The van der Waals surface area contributed by atoms with Crippen molar-refractivity contribution in [2.75, 3.05) is 6.61 Å². The van der Waals surface area contributed by atoms with Crippen LogP contribution in [0.3, 0.4) is 0 Å². The minimum Gasteiger partial charge on any atom is -0.447 e. The van der Waals surface area contributed by atoms with Gasteiger partial charge in [-0.25, -0.2) is 9.97 Å². The summed E-state index contributed by atoms with van der Waals surface area (Å²) in [6.07, 6.45) is 0.734. The standard InChI is InChI=1S/C27H28N4O5SSi/c1-27(2,3)38(17-10-6-4-7-11-17,18-12-8-5-9-13-18)33-14-19-21-22(36-26(37)35-21)25(34-19)31-16-30-20-23(31)28-15-29-24(20)32/h4-13,15-16,19,21-22,25H,14H2,1-3H3,(H,28,29,32)/t19-,21-,22-,25-/m0/s1. The Morgan fingerprint density at radius 2 is 1.63 bits per heavy atom. The molecule has 0 spiro atoms. The molecule has 0 aliphatic carbocycles. The Hall–Kier alpha value is -3.38. The zero-order valence-corrected chi connectivity index (χ0v) is 23.1. The number of imidazole rings is 1. The molecule has 0 amide bonds. The number of ether oxygens (including phenoxy) is 3. The average Bonchev–Trinajstić information content (AvgIpc) is 3.59. The Balaban J connectivity index is 1.37. The predicted molar refractivity (Wildman–Crippen MR) is 148 cm³/mol. The average molecular weight is 549 g/mol. The molecule has 2 aromatic heterocycles. The van der Waals surface area contributed by atoms with Gasteiger partial charge in [0, 0.05) is 12.2 Å². The lowest BCUT2D eigenvalue weighted by Gasteiger charge is -2.43. The van der Waals surface area contributed by atoms with E-state index in [1.54, 1.807) is 4.57 Å². The molecule has 0 bridgehead atoms. The Kier molecular flexibility index (Phi) is 6.18. The Morgan fingerprint density at radius 3 is 2.26 bits per heavy atom. The van der Waals surface area contributed by atoms with Crippen molar-refractivity contribution in [3.63, 3.8) is 0 Å². The molecule has 11 heteroatoms. The number of hydrogen-bond acceptors (Lipinski definition) is 8. The van der Waals surface area contributed by atoms with E-state index in [-0.39, 0.29) is 28.0 Å². The van der Waals surface area contributed by atoms with Gasteiger partial charge < -0.3 is 23.6 Å². The molecule has 4 atom stereocenters. The van der Waals surface area contributed by atoms with Crippen LogP contribution < -0.4 is 15.9 Å². The maximum atomic E-state index is 12.2. The number of aromatic amines is 1. The molecule has 38 heavy (non-hydrogen) atoms. The van der Waals surface area contributed by atoms with Crippen LogP contribution in [0.25, 0.3) is 11.2 Å². The van der Waals surface area contributed by atoms with Gasteiger partial charge in [0.2, 0.25) is 0 Å². The van der Waals surface area contributed by atoms with Gasteiger partial charge in [-0.2, -0.15) is 0 Å². The van der Waals surface area contributed by atoms with E-state index < -0.39 is 32.9 Å². The first-order chi connectivity index (χ1) is 18.3. The van der Waals surface area contributed by atoms with Crippen LogP contribution in [0, 0.1) is 0 Å². The summed E-state index contributed by atoms with van der Waals surface area (Å²) in [5, 5.41) is 2.22. The van der Waals surface area contributed by atoms with Crippen molar-refractivity contribution in [3.8, 4) is 0 Å². The number of benzene rings is 2. The molecule has 6 rings (SSSR count). The largest absolute Gasteiger partial charge is 0.447 e. The molecule has 2 aliphatic heterocycles. The van der Waals surface area contributed by atoms with Gasteiger partial charge in [-0.3, -0.25) is 9.36 Å². The zero-order chi connectivity index (χ0) is 26.5. The number of nitrogens with one attached hydrogen (secondary N) is 1. The minimum atomic E-state index is -2.80. The van der Waals surface area contributed by atoms with Crippen LogP contribution in [0.5, 0.6) is 0 Å². The van der Waals surface area contributed by atoms with Gasteiger partial charge in [-0.1, -0.05) is 81.4 Å². The molecule has 9 nitrogen and oxygen atoms in total. The van der Waals surface area contributed by atoms with E-state index in [1.807, 2.05) is 12.1 Å². The molecule has 0 unspecified atom stereocenters. The predicted octanol–water partition coefficient (Wildman–Crippen LogP) is 2.66. The first kappa shape index (κ1) is 24.9. The highest BCUT2D eigenvalue weighted by molar-refractivity contribution is 7.79. The summed E-state index contributed by atoms with van der Waals surface area (Å²) in [6.45, 7) is 6.94. The van der Waals surface area contributed by atoms with Crippen LogP contribution in [0.4, 0.5) is 0 Å². The number of hydrogen-bond donors (Lipinski definition) is 1. The quantitative estimate of drug-likeness (QED) is 0.290. The normalized spacial score (nSPS) is 23.3. The van der Waals surface area contributed by atoms with E-state index in [9.17, 15) is 4.79 Å². The molecule has 4 heterocycles. The van der Waals surface area contributed by atoms with E-state index in [0.29, 0.717) is 5.65 Å². The van der Waals surface area contributed by atoms with E-state index in [1.165, 1.54) is 23.0 Å². The zero-order valence-electron chi connectivity index (χ0n) is 21.2. The number of nitrogens with zero attached hydrogens (tertiary/aromatic N) is 3. The second-order valence-electron chi connectivity index (χ2n) is 10.5. The van der Waals surface area contributed by atoms with Crippen LogP contribution in [-0.2, 0) is 18.6 Å². The van der Waals surface area contributed by atoms with E-state index in [0.717, 1.165) is 0 Å². The smallest absolute Gasteiger partial charge is 0.353 e. The summed E-state index contributed by atoms with van der Waals surface area (Å²) >= 11 is 5.27. The molecule has 4 aromatic rings. The first-order valence-electron chi connectivity index (χ1n) is 12.5. The fraction of sp³-hybridized carbons (Fsp3) is 0.333. The van der Waals surface area contributed by atoms with Gasteiger partial charge >= 0.3 is 5.24 Å². The maximum Gasteiger partial charge on any atom is 0.353 e. The fourth-order valence-corrected chi connectivity index (χ4v) is 10.4. The summed E-state index contributed by atoms with van der Waals surface area (Å²) in [4.78, 5) is 23.3. The van der Waals surface area contributed by atoms with Crippen LogP contribution in [0.2, 0.25) is 5.04 Å². The molecular weight excluding hydrogens is 520 g/mol. The summed E-state index contributed by atoms with van der Waals surface area (Å²) in [5.74, 6) is 0. The number of H-pyrrole nitrogens is 1. The highest BCUT2D eigenvalue weighted by atomic mass is 32.1. The van der Waals surface area contributed by atoms with Crippen molar-refractivity contribution in [3.05, 3.63) is 83.7 Å². The van der Waals surface area contributed by atoms with E-state index >= 15 is 0 Å². The maximum absolute atomic E-state index is 12.2. The molecule has 2 fully saturated rings. The fourth-order valence-electron chi connectivity index (χ4n) is 5.60. The van der Waals surface area contributed by atoms with Gasteiger partial charge in [0.05, 0.1) is 19.3 Å². The van der Waals surface area contributed by atoms with Crippen molar-refractivity contribution in [2.24, 2.45) is 0 Å². The summed E-state index contributed by atoms with van der Waals surface area (Å²) in [7, 11) is -2.80. The number of thiocarbonyl (C=S) groups is 1. The molecule has 0 radical (unpaired) electrons. The van der Waals surface area contributed by atoms with Crippen LogP contribution in [0.1, 0.15) is 27.0 Å².